The molecule has 1 spiro atoms. The van der Waals surface area contributed by atoms with Gasteiger partial charge in [-0.1, -0.05) is 83.4 Å². The highest BCUT2D eigenvalue weighted by Gasteiger charge is 2.42. The van der Waals surface area contributed by atoms with Gasteiger partial charge >= 0.3 is 6.09 Å². The summed E-state index contributed by atoms with van der Waals surface area (Å²) in [5, 5.41) is 4.29. The molecule has 3 aliphatic rings. The molecule has 0 unspecified atom stereocenters. The molecular weight excluding hydrogens is 778 g/mol. The van der Waals surface area contributed by atoms with Crippen LogP contribution in [-0.4, -0.2) is 86.9 Å². The Hall–Kier alpha value is -4.31. The molecule has 12 nitrogen and oxygen atoms in total. The van der Waals surface area contributed by atoms with E-state index < -0.39 is 20.2 Å². The van der Waals surface area contributed by atoms with Crippen LogP contribution in [0.4, 0.5) is 10.5 Å². The summed E-state index contributed by atoms with van der Waals surface area (Å²) in [6.45, 7) is 8.45. The number of nitrogens with zero attached hydrogens (tertiary/aromatic N) is 2. The minimum absolute atomic E-state index is 0.0325. The average Bonchev–Trinajstić information content (AvgIpc) is 3.51. The van der Waals surface area contributed by atoms with Gasteiger partial charge in [-0.2, -0.15) is 16.8 Å². The van der Waals surface area contributed by atoms with E-state index in [0.717, 1.165) is 72.7 Å². The van der Waals surface area contributed by atoms with Gasteiger partial charge in [0, 0.05) is 41.7 Å². The summed E-state index contributed by atoms with van der Waals surface area (Å²) < 4.78 is 64.5. The summed E-state index contributed by atoms with van der Waals surface area (Å²) in [6.07, 6.45) is 3.24. The number of fused-ring (bicyclic) bond motifs is 2. The van der Waals surface area contributed by atoms with E-state index in [-0.39, 0.29) is 33.8 Å². The van der Waals surface area contributed by atoms with E-state index in [2.05, 4.69) is 16.3 Å². The molecule has 0 atom stereocenters. The fourth-order valence-electron chi connectivity index (χ4n) is 7.03. The molecule has 0 aliphatic carbocycles. The number of anilines is 1. The van der Waals surface area contributed by atoms with Crippen molar-refractivity contribution in [3.63, 3.8) is 0 Å². The molecule has 15 heteroatoms. The van der Waals surface area contributed by atoms with Crippen molar-refractivity contribution in [3.05, 3.63) is 124 Å². The number of ketones is 1. The predicted molar refractivity (Wildman–Crippen MR) is 215 cm³/mol. The van der Waals surface area contributed by atoms with Crippen molar-refractivity contribution in [3.8, 4) is 0 Å². The normalized spacial score (nSPS) is 16.7. The molecule has 0 radical (unpaired) electrons. The van der Waals surface area contributed by atoms with Crippen molar-refractivity contribution in [2.75, 3.05) is 44.6 Å². The molecule has 56 heavy (non-hydrogen) atoms. The molecule has 0 bridgehead atoms. The van der Waals surface area contributed by atoms with Gasteiger partial charge in [0.15, 0.2) is 0 Å². The monoisotopic (exact) mass is 825 g/mol. The Balaban J connectivity index is 0.000000222. The number of hydrogen-bond donors (Lipinski definition) is 3. The number of hydrogen-bond acceptors (Lipinski definition) is 9. The lowest BCUT2D eigenvalue weighted by atomic mass is 9.74. The first-order chi connectivity index (χ1) is 26.5. The molecule has 2 fully saturated rings. The number of ether oxygens (including phenoxy) is 1. The van der Waals surface area contributed by atoms with Crippen molar-refractivity contribution >= 4 is 49.4 Å². The summed E-state index contributed by atoms with van der Waals surface area (Å²) in [4.78, 5) is 29.3. The van der Waals surface area contributed by atoms with Crippen LogP contribution in [0.2, 0.25) is 5.02 Å². The maximum atomic E-state index is 13.0. The zero-order chi connectivity index (χ0) is 40.5. The summed E-state index contributed by atoms with van der Waals surface area (Å²) in [7, 11) is -8.04. The molecular formula is C41H48ClN3O9S2. The van der Waals surface area contributed by atoms with Crippen molar-refractivity contribution in [2.45, 2.75) is 61.3 Å². The van der Waals surface area contributed by atoms with Crippen molar-refractivity contribution < 1.29 is 40.3 Å². The molecule has 0 aromatic heterocycles. The van der Waals surface area contributed by atoms with Crippen LogP contribution >= 0.6 is 11.6 Å². The summed E-state index contributed by atoms with van der Waals surface area (Å²) in [5.41, 5.74) is 5.57. The van der Waals surface area contributed by atoms with E-state index in [1.165, 1.54) is 29.8 Å². The maximum Gasteiger partial charge on any atom is 0.410 e. The number of likely N-dealkylation sites (tertiary alicyclic amines) is 2. The average molecular weight is 826 g/mol. The first-order valence-corrected chi connectivity index (χ1v) is 21.6. The third-order valence-electron chi connectivity index (χ3n) is 10.4. The van der Waals surface area contributed by atoms with E-state index >= 15 is 0 Å². The van der Waals surface area contributed by atoms with Crippen LogP contribution in [0.1, 0.15) is 47.9 Å². The Morgan fingerprint density at radius 1 is 0.786 bits per heavy atom. The van der Waals surface area contributed by atoms with Crippen LogP contribution in [0.25, 0.3) is 0 Å². The molecule has 4 aromatic carbocycles. The lowest BCUT2D eigenvalue weighted by molar-refractivity contribution is -0.125. The highest BCUT2D eigenvalue weighted by atomic mass is 35.5. The molecule has 3 N–H and O–H groups in total. The number of carbonyl (C=O) groups excluding carboxylic acids is 2. The molecule has 3 aliphatic heterocycles. The van der Waals surface area contributed by atoms with E-state index in [4.69, 9.17) is 25.4 Å². The molecule has 300 valence electrons. The standard InChI is InChI=1S/C27H32ClN3O3.2C7H8O3S/c28-22-6-7-23-24(16-22)29-19-27(23)10-14-30(15-11-27)17-25(32)21-8-12-31(13-9-21)26(33)34-18-20-4-2-1-3-5-20;2*1-6-2-4-7(5-3-6)11(8,9)10/h1-7,16,21,29H,8-15,17-19H2;2*2-5H,1H3,(H,8,9,10). The lowest BCUT2D eigenvalue weighted by Gasteiger charge is -2.40. The molecule has 2 saturated heterocycles. The highest BCUT2D eigenvalue weighted by Crippen LogP contribution is 2.44. The number of amides is 1. The molecule has 3 heterocycles. The molecule has 4 aromatic rings. The summed E-state index contributed by atoms with van der Waals surface area (Å²) in [6, 6.07) is 27.8. The highest BCUT2D eigenvalue weighted by molar-refractivity contribution is 7.86. The Kier molecular flexibility index (Phi) is 14.3. The molecule has 0 saturated carbocycles. The van der Waals surface area contributed by atoms with Crippen molar-refractivity contribution in [1.29, 1.82) is 0 Å². The van der Waals surface area contributed by atoms with Crippen LogP contribution in [0.15, 0.2) is 107 Å². The number of aryl methyl sites for hydroxylation is 2. The van der Waals surface area contributed by atoms with Gasteiger partial charge in [-0.05, 0) is 100 Å². The third kappa shape index (κ3) is 11.9. The Labute approximate surface area is 334 Å². The van der Waals surface area contributed by atoms with Crippen molar-refractivity contribution in [1.82, 2.24) is 9.80 Å². The van der Waals surface area contributed by atoms with E-state index in [0.29, 0.717) is 25.4 Å². The van der Waals surface area contributed by atoms with Crippen LogP contribution in [-0.2, 0) is 41.8 Å². The fourth-order valence-corrected chi connectivity index (χ4v) is 8.17. The zero-order valence-corrected chi connectivity index (χ0v) is 33.8. The number of halogens is 1. The van der Waals surface area contributed by atoms with E-state index in [1.54, 1.807) is 29.2 Å². The van der Waals surface area contributed by atoms with Crippen LogP contribution < -0.4 is 5.32 Å². The maximum absolute atomic E-state index is 13.0. The van der Waals surface area contributed by atoms with E-state index in [9.17, 15) is 26.4 Å². The van der Waals surface area contributed by atoms with E-state index in [1.807, 2.05) is 56.3 Å². The Morgan fingerprint density at radius 2 is 1.32 bits per heavy atom. The van der Waals surface area contributed by atoms with Gasteiger partial charge in [0.1, 0.15) is 12.4 Å². The number of Topliss-reactive ketones (excluding diaryl/α,β-unsaturated/α-hetero) is 1. The number of benzene rings is 4. The van der Waals surface area contributed by atoms with Crippen LogP contribution in [0, 0.1) is 19.8 Å². The Morgan fingerprint density at radius 3 is 1.84 bits per heavy atom. The van der Waals surface area contributed by atoms with Gasteiger partial charge in [0.2, 0.25) is 0 Å². The van der Waals surface area contributed by atoms with Gasteiger partial charge < -0.3 is 15.0 Å². The van der Waals surface area contributed by atoms with Crippen LogP contribution in [0.3, 0.4) is 0 Å². The van der Waals surface area contributed by atoms with Gasteiger partial charge in [0.05, 0.1) is 16.3 Å². The molecule has 7 rings (SSSR count). The smallest absolute Gasteiger partial charge is 0.410 e. The number of rotatable bonds is 7. The second kappa shape index (κ2) is 18.8. The summed E-state index contributed by atoms with van der Waals surface area (Å²) >= 11 is 6.16. The predicted octanol–water partition coefficient (Wildman–Crippen LogP) is 7.20. The minimum Gasteiger partial charge on any atom is -0.445 e. The fraction of sp³-hybridized carbons (Fsp3) is 0.366. The second-order valence-corrected chi connectivity index (χ2v) is 17.7. The lowest BCUT2D eigenvalue weighted by Crippen LogP contribution is -2.47. The first-order valence-electron chi connectivity index (χ1n) is 18.4. The topological polar surface area (TPSA) is 171 Å². The third-order valence-corrected chi connectivity index (χ3v) is 12.4. The second-order valence-electron chi connectivity index (χ2n) is 14.4. The summed E-state index contributed by atoms with van der Waals surface area (Å²) in [5.74, 6) is 0.343. The zero-order valence-electron chi connectivity index (χ0n) is 31.4. The first kappa shape index (κ1) is 42.8. The van der Waals surface area contributed by atoms with Crippen LogP contribution in [0.5, 0.6) is 0 Å². The minimum atomic E-state index is -4.02. The van der Waals surface area contributed by atoms with Gasteiger partial charge in [-0.25, -0.2) is 4.79 Å². The van der Waals surface area contributed by atoms with Crippen molar-refractivity contribution in [2.24, 2.45) is 5.92 Å². The largest absolute Gasteiger partial charge is 0.445 e. The van der Waals surface area contributed by atoms with Gasteiger partial charge in [0.25, 0.3) is 20.2 Å². The quantitative estimate of drug-likeness (QED) is 0.161. The number of nitrogens with one attached hydrogen (secondary N) is 1. The Bertz CT molecular complexity index is 2100. The van der Waals surface area contributed by atoms with Gasteiger partial charge in [-0.3, -0.25) is 18.8 Å². The van der Waals surface area contributed by atoms with Gasteiger partial charge in [-0.15, -0.1) is 0 Å². The number of carbonyl (C=O) groups is 2. The molecule has 1 amide bonds. The SMILES string of the molecule is Cc1ccc(S(=O)(=O)O)cc1.Cc1ccc(S(=O)(=O)O)cc1.O=C(CN1CCC2(CC1)CNc1cc(Cl)ccc12)C1CCN(C(=O)OCc2ccccc2)CC1. The number of piperidine rings is 2.